The lowest BCUT2D eigenvalue weighted by Gasteiger charge is -2.27. The number of alkyl halides is 8. The van der Waals surface area contributed by atoms with Crippen LogP contribution in [0.25, 0.3) is 22.0 Å². The first kappa shape index (κ1) is 54.4. The lowest BCUT2D eigenvalue weighted by atomic mass is 9.93. The van der Waals surface area contributed by atoms with Crippen molar-refractivity contribution in [1.29, 1.82) is 0 Å². The van der Waals surface area contributed by atoms with Crippen LogP contribution >= 0.6 is 11.6 Å². The van der Waals surface area contributed by atoms with Crippen LogP contribution in [0, 0.1) is 29.4 Å². The van der Waals surface area contributed by atoms with Crippen molar-refractivity contribution >= 4 is 60.0 Å². The molecule has 2 amide bonds. The maximum absolute atomic E-state index is 15.6. The largest absolute Gasteiger partial charge is 0.435 e. The second-order valence-electron chi connectivity index (χ2n) is 18.8. The fraction of sp³-hybridized carbons (Fsp3) is 0.457. The Bertz CT molecular complexity index is 3360. The van der Waals surface area contributed by atoms with E-state index in [-0.39, 0.29) is 44.3 Å². The van der Waals surface area contributed by atoms with Gasteiger partial charge in [-0.25, -0.2) is 30.6 Å². The molecule has 0 bridgehead atoms. The lowest BCUT2D eigenvalue weighted by molar-refractivity contribution is -0.143. The maximum atomic E-state index is 15.6. The molecule has 3 aliphatic rings. The first-order valence-electron chi connectivity index (χ1n) is 22.5. The second kappa shape index (κ2) is 19.4. The summed E-state index contributed by atoms with van der Waals surface area (Å²) in [5.41, 5.74) is -5.61. The molecule has 28 heteroatoms. The van der Waals surface area contributed by atoms with Gasteiger partial charge in [0.1, 0.15) is 40.9 Å². The van der Waals surface area contributed by atoms with Crippen LogP contribution in [0.5, 0.6) is 0 Å². The van der Waals surface area contributed by atoms with Gasteiger partial charge in [0.15, 0.2) is 21.3 Å². The molecular weight excluding hydrogens is 1060 g/mol. The normalized spacial score (nSPS) is 18.4. The number of piperazine rings is 1. The summed E-state index contributed by atoms with van der Waals surface area (Å²) in [6.45, 7) is 1.47. The fourth-order valence-electron chi connectivity index (χ4n) is 9.15. The number of carbonyl (C=O) groups is 2. The third-order valence-electron chi connectivity index (χ3n) is 12.9. The molecule has 398 valence electrons. The van der Waals surface area contributed by atoms with Crippen LogP contribution in [0.3, 0.4) is 0 Å². The number of fused-ring (bicyclic) bond motifs is 4. The minimum atomic E-state index is -5.21. The van der Waals surface area contributed by atoms with Crippen LogP contribution in [0.4, 0.5) is 49.7 Å². The average Bonchev–Trinajstić information content (AvgIpc) is 3.79. The number of amides is 2. The summed E-state index contributed by atoms with van der Waals surface area (Å²) in [7, 11) is -8.60. The Labute approximate surface area is 421 Å². The van der Waals surface area contributed by atoms with Crippen LogP contribution < -0.4 is 14.9 Å². The van der Waals surface area contributed by atoms with E-state index in [0.29, 0.717) is 43.2 Å². The van der Waals surface area contributed by atoms with Crippen molar-refractivity contribution in [3.8, 4) is 23.0 Å². The zero-order valence-corrected chi connectivity index (χ0v) is 41.8. The minimum Gasteiger partial charge on any atom is -0.346 e. The van der Waals surface area contributed by atoms with E-state index in [0.717, 1.165) is 30.5 Å². The number of pyridine rings is 1. The van der Waals surface area contributed by atoms with E-state index in [9.17, 15) is 61.5 Å². The van der Waals surface area contributed by atoms with E-state index in [1.165, 1.54) is 26.0 Å². The number of sulfonamides is 1. The van der Waals surface area contributed by atoms with E-state index >= 15 is 8.78 Å². The number of rotatable bonds is 14. The average molecular weight is 1110 g/mol. The predicted molar refractivity (Wildman–Crippen MR) is 249 cm³/mol. The number of nitrogens with zero attached hydrogens (tertiary/aromatic N) is 7. The first-order valence-corrected chi connectivity index (χ1v) is 26.6. The number of anilines is 1. The van der Waals surface area contributed by atoms with Crippen LogP contribution in [-0.2, 0) is 61.1 Å². The van der Waals surface area contributed by atoms with E-state index in [1.807, 2.05) is 4.90 Å². The van der Waals surface area contributed by atoms with E-state index in [1.54, 1.807) is 0 Å². The molecule has 2 aliphatic carbocycles. The molecule has 3 aromatic heterocycles. The van der Waals surface area contributed by atoms with Gasteiger partial charge in [-0.2, -0.15) is 49.6 Å². The van der Waals surface area contributed by atoms with E-state index in [2.05, 4.69) is 37.7 Å². The molecule has 1 saturated carbocycles. The molecule has 3 atom stereocenters. The molecular formula is C46H44ClF10N9O6S2. The summed E-state index contributed by atoms with van der Waals surface area (Å²) in [6, 6.07) is 5.02. The number of aromatic nitrogens is 5. The highest BCUT2D eigenvalue weighted by Gasteiger charge is 2.68. The topological polar surface area (TPSA) is 181 Å². The molecule has 2 N–H and O–H groups in total. The van der Waals surface area contributed by atoms with Gasteiger partial charge in [-0.15, -0.1) is 0 Å². The molecule has 1 saturated heterocycles. The van der Waals surface area contributed by atoms with Crippen molar-refractivity contribution in [2.24, 2.45) is 5.92 Å². The number of hydrogen-bond donors (Lipinski definition) is 2. The zero-order chi connectivity index (χ0) is 54.2. The Balaban J connectivity index is 1.33. The van der Waals surface area contributed by atoms with Gasteiger partial charge in [-0.3, -0.25) is 19.0 Å². The van der Waals surface area contributed by atoms with Gasteiger partial charge in [0.05, 0.1) is 33.9 Å². The molecule has 4 heterocycles. The Morgan fingerprint density at radius 1 is 0.946 bits per heavy atom. The monoisotopic (exact) mass is 1110 g/mol. The molecule has 1 aliphatic heterocycles. The summed E-state index contributed by atoms with van der Waals surface area (Å²) in [5.74, 6) is -6.85. The molecule has 74 heavy (non-hydrogen) atoms. The number of hydrogen-bond acceptors (Lipinski definition) is 11. The third kappa shape index (κ3) is 11.1. The SMILES string of the molecule is CC(C)(C#Cc1ccc(-c2ccc(Cl)c3c(N(C(=O)CCN4CCNCC4)S(C)(=O)=O)nn(CC(F)(F)F)c23)c(C(Cc2cc(F)cc(F)c2)NC(=O)Cn2nc(C(F)(F)F)c3c2C(F)(F)[C@@H]2C[C@H]32)n1)S(C)(=O)=O. The lowest BCUT2D eigenvalue weighted by Crippen LogP contribution is -2.45. The molecule has 2 aromatic carbocycles. The molecule has 1 unspecified atom stereocenters. The fourth-order valence-corrected chi connectivity index (χ4v) is 10.5. The van der Waals surface area contributed by atoms with Crippen molar-refractivity contribution in [3.05, 3.63) is 93.0 Å². The summed E-state index contributed by atoms with van der Waals surface area (Å²) in [4.78, 5) is 34.6. The van der Waals surface area contributed by atoms with Gasteiger partial charge >= 0.3 is 12.4 Å². The number of halogens is 11. The summed E-state index contributed by atoms with van der Waals surface area (Å²) in [6.07, 6.45) is -10.2. The maximum Gasteiger partial charge on any atom is 0.435 e. The minimum absolute atomic E-state index is 0.0521. The summed E-state index contributed by atoms with van der Waals surface area (Å²) >= 11 is 6.71. The van der Waals surface area contributed by atoms with Gasteiger partial charge in [0.2, 0.25) is 21.8 Å². The molecule has 0 radical (unpaired) electrons. The van der Waals surface area contributed by atoms with E-state index < -0.39 is 155 Å². The standard InChI is InChI=1S/C46H44ClF10N9O6S2/c1-43(2,73(3,69)70)11-9-27-5-6-28(29-7-8-32(47)37-39(29)65(23-44(50,51)52)62-42(37)66(74(4,71)72)35(68)10-14-63-15-12-58-13-16-63)38(59-27)33(19-24-17-25(48)20-26(49)18-24)60-34(67)22-64-41-36(40(61-64)46(55,56)57)30-21-31(30)45(41,53)54/h5-8,17-18,20,30-31,33,58H,10,12-16,19,21-23H2,1-4H3,(H,60,67)/t30-,31+,33?/m0/s1. The van der Waals surface area contributed by atoms with Gasteiger partial charge in [0.25, 0.3) is 5.92 Å². The molecule has 5 aromatic rings. The highest BCUT2D eigenvalue weighted by Crippen LogP contribution is 2.68. The molecule has 0 spiro atoms. The van der Waals surface area contributed by atoms with Crippen LogP contribution in [0.15, 0.2) is 42.5 Å². The summed E-state index contributed by atoms with van der Waals surface area (Å²) in [5, 5.41) is 12.1. The van der Waals surface area contributed by atoms with E-state index in [4.69, 9.17) is 11.6 Å². The molecule has 8 rings (SSSR count). The highest BCUT2D eigenvalue weighted by molar-refractivity contribution is 7.93. The number of sulfone groups is 1. The van der Waals surface area contributed by atoms with Crippen LogP contribution in [-0.4, -0.2) is 114 Å². The van der Waals surface area contributed by atoms with Crippen molar-refractivity contribution in [2.45, 2.75) is 81.2 Å². The first-order chi connectivity index (χ1) is 34.2. The Kier molecular flexibility index (Phi) is 14.3. The van der Waals surface area contributed by atoms with Crippen molar-refractivity contribution in [2.75, 3.05) is 49.5 Å². The Morgan fingerprint density at radius 3 is 2.20 bits per heavy atom. The van der Waals surface area contributed by atoms with Crippen LogP contribution in [0.1, 0.15) is 72.6 Å². The highest BCUT2D eigenvalue weighted by atomic mass is 35.5. The quantitative estimate of drug-likeness (QED) is 0.0875. The van der Waals surface area contributed by atoms with Crippen molar-refractivity contribution in [1.82, 2.24) is 40.1 Å². The van der Waals surface area contributed by atoms with Gasteiger partial charge in [-0.1, -0.05) is 23.6 Å². The van der Waals surface area contributed by atoms with Crippen molar-refractivity contribution < 1.29 is 70.3 Å². The van der Waals surface area contributed by atoms with Gasteiger partial charge < -0.3 is 15.5 Å². The van der Waals surface area contributed by atoms with Crippen LogP contribution in [0.2, 0.25) is 5.02 Å². The zero-order valence-electron chi connectivity index (χ0n) is 39.4. The van der Waals surface area contributed by atoms with Gasteiger partial charge in [0, 0.05) is 74.1 Å². The third-order valence-corrected chi connectivity index (χ3v) is 16.2. The molecule has 15 nitrogen and oxygen atoms in total. The van der Waals surface area contributed by atoms with Crippen molar-refractivity contribution in [3.63, 3.8) is 0 Å². The second-order valence-corrected chi connectivity index (χ2v) is 23.6. The van der Waals surface area contributed by atoms with Gasteiger partial charge in [-0.05, 0) is 74.4 Å². The number of nitrogens with one attached hydrogen (secondary N) is 2. The number of benzene rings is 2. The summed E-state index contributed by atoms with van der Waals surface area (Å²) < 4.78 is 199. The predicted octanol–water partition coefficient (Wildman–Crippen LogP) is 6.88. The Morgan fingerprint density at radius 2 is 1.59 bits per heavy atom. The smallest absolute Gasteiger partial charge is 0.346 e. The number of carbonyl (C=O) groups excluding carboxylic acids is 2. The Hall–Kier alpha value is -5.82. The molecule has 2 fully saturated rings.